The van der Waals surface area contributed by atoms with Gasteiger partial charge in [0.25, 0.3) is 0 Å². The van der Waals surface area contributed by atoms with E-state index in [1.165, 1.54) is 28.6 Å². The predicted molar refractivity (Wildman–Crippen MR) is 109 cm³/mol. The van der Waals surface area contributed by atoms with Crippen LogP contribution in [0.2, 0.25) is 0 Å². The van der Waals surface area contributed by atoms with Crippen LogP contribution in [-0.4, -0.2) is 21.6 Å². The number of fused-ring (bicyclic) bond motifs is 3. The topological polar surface area (TPSA) is 78.7 Å². The Balaban J connectivity index is 1.50. The van der Waals surface area contributed by atoms with Crippen molar-refractivity contribution < 1.29 is 4.79 Å². The van der Waals surface area contributed by atoms with Crippen molar-refractivity contribution in [1.82, 2.24) is 9.97 Å². The van der Waals surface area contributed by atoms with Crippen molar-refractivity contribution in [2.45, 2.75) is 31.2 Å². The van der Waals surface area contributed by atoms with Crippen LogP contribution in [0.5, 0.6) is 0 Å². The summed E-state index contributed by atoms with van der Waals surface area (Å²) in [5.41, 5.74) is 2.53. The number of hydrogen-bond donors (Lipinski definition) is 1. The van der Waals surface area contributed by atoms with Gasteiger partial charge in [-0.1, -0.05) is 24.8 Å². The molecule has 0 saturated carbocycles. The number of aryl methyl sites for hydroxylation is 1. The number of nitrogens with one attached hydrogen (secondary N) is 1. The summed E-state index contributed by atoms with van der Waals surface area (Å²) in [6.45, 7) is 2.29. The minimum Gasteiger partial charge on any atom is -0.325 e. The largest absolute Gasteiger partial charge is 0.325 e. The molecule has 136 valence electrons. The van der Waals surface area contributed by atoms with Crippen LogP contribution in [0, 0.1) is 17.2 Å². The molecule has 1 aliphatic rings. The molecule has 1 aliphatic carbocycles. The molecule has 27 heavy (non-hydrogen) atoms. The molecule has 3 aromatic rings. The zero-order chi connectivity index (χ0) is 18.8. The molecule has 0 spiro atoms. The number of nitriles is 1. The molecule has 1 atom stereocenters. The van der Waals surface area contributed by atoms with E-state index in [0.29, 0.717) is 17.2 Å². The van der Waals surface area contributed by atoms with E-state index < -0.39 is 0 Å². The van der Waals surface area contributed by atoms with Crippen molar-refractivity contribution in [2.24, 2.45) is 5.92 Å². The zero-order valence-electron chi connectivity index (χ0n) is 14.9. The van der Waals surface area contributed by atoms with E-state index >= 15 is 0 Å². The summed E-state index contributed by atoms with van der Waals surface area (Å²) in [5, 5.41) is 13.8. The number of benzene rings is 1. The summed E-state index contributed by atoms with van der Waals surface area (Å²) in [5.74, 6) is 0.869. The molecule has 0 unspecified atom stereocenters. The van der Waals surface area contributed by atoms with Gasteiger partial charge in [0.1, 0.15) is 16.2 Å². The average molecular weight is 395 g/mol. The third-order valence-corrected chi connectivity index (χ3v) is 6.82. The lowest BCUT2D eigenvalue weighted by Crippen LogP contribution is -2.14. The van der Waals surface area contributed by atoms with E-state index in [9.17, 15) is 4.79 Å². The second kappa shape index (κ2) is 7.67. The van der Waals surface area contributed by atoms with Gasteiger partial charge in [-0.25, -0.2) is 9.97 Å². The van der Waals surface area contributed by atoms with Crippen LogP contribution >= 0.6 is 23.1 Å². The summed E-state index contributed by atoms with van der Waals surface area (Å²) < 4.78 is 0. The van der Waals surface area contributed by atoms with Crippen LogP contribution < -0.4 is 5.32 Å². The van der Waals surface area contributed by atoms with Gasteiger partial charge >= 0.3 is 0 Å². The van der Waals surface area contributed by atoms with Crippen molar-refractivity contribution >= 4 is 44.9 Å². The number of aromatic nitrogens is 2. The van der Waals surface area contributed by atoms with E-state index in [-0.39, 0.29) is 11.7 Å². The van der Waals surface area contributed by atoms with Crippen molar-refractivity contribution in [1.29, 1.82) is 5.26 Å². The van der Waals surface area contributed by atoms with Gasteiger partial charge in [0, 0.05) is 16.0 Å². The number of nitrogens with zero attached hydrogens (tertiary/aromatic N) is 3. The fraction of sp³-hybridized carbons (Fsp3) is 0.300. The first-order chi connectivity index (χ1) is 13.1. The molecule has 0 bridgehead atoms. The van der Waals surface area contributed by atoms with Crippen LogP contribution in [-0.2, 0) is 17.6 Å². The minimum absolute atomic E-state index is 0.112. The smallest absolute Gasteiger partial charge is 0.234 e. The molecule has 1 N–H and O–H groups in total. The lowest BCUT2D eigenvalue weighted by atomic mass is 9.89. The minimum atomic E-state index is -0.112. The number of thiophene rings is 1. The standard InChI is InChI=1S/C20H18N4OS2/c1-12-5-6-15-16(7-12)27-20-18(15)19(22-11-23-20)26-10-17(25)24-14-4-2-3-13(8-14)9-21/h2-4,8,11-12H,5-7,10H2,1H3,(H,24,25)/t12-/m0/s1. The maximum absolute atomic E-state index is 12.3. The van der Waals surface area contributed by atoms with Crippen LogP contribution in [0.4, 0.5) is 5.69 Å². The Hall–Kier alpha value is -2.43. The van der Waals surface area contributed by atoms with E-state index in [1.807, 2.05) is 0 Å². The highest BCUT2D eigenvalue weighted by molar-refractivity contribution is 8.00. The number of carbonyl (C=O) groups excluding carboxylic acids is 1. The third kappa shape index (κ3) is 3.82. The Morgan fingerprint density at radius 3 is 3.19 bits per heavy atom. The monoisotopic (exact) mass is 394 g/mol. The van der Waals surface area contributed by atoms with Crippen LogP contribution in [0.15, 0.2) is 35.6 Å². The second-order valence-corrected chi connectivity index (χ2v) is 8.79. The quantitative estimate of drug-likeness (QED) is 0.523. The van der Waals surface area contributed by atoms with Crippen molar-refractivity contribution in [3.63, 3.8) is 0 Å². The fourth-order valence-electron chi connectivity index (χ4n) is 3.35. The Morgan fingerprint density at radius 1 is 1.44 bits per heavy atom. The highest BCUT2D eigenvalue weighted by Crippen LogP contribution is 2.40. The lowest BCUT2D eigenvalue weighted by molar-refractivity contribution is -0.113. The van der Waals surface area contributed by atoms with E-state index in [4.69, 9.17) is 5.26 Å². The molecule has 0 aliphatic heterocycles. The molecule has 1 amide bonds. The molecule has 1 aromatic carbocycles. The number of amides is 1. The number of anilines is 1. The Labute approximate surface area is 165 Å². The van der Waals surface area contributed by atoms with Gasteiger partial charge in [0.15, 0.2) is 0 Å². The van der Waals surface area contributed by atoms with E-state index in [1.54, 1.807) is 41.9 Å². The first kappa shape index (κ1) is 18.0. The van der Waals surface area contributed by atoms with Gasteiger partial charge in [-0.2, -0.15) is 5.26 Å². The van der Waals surface area contributed by atoms with Crippen LogP contribution in [0.1, 0.15) is 29.3 Å². The molecular weight excluding hydrogens is 376 g/mol. The summed E-state index contributed by atoms with van der Waals surface area (Å²) >= 11 is 3.21. The highest BCUT2D eigenvalue weighted by Gasteiger charge is 2.23. The van der Waals surface area contributed by atoms with Crippen molar-refractivity contribution in [2.75, 3.05) is 11.1 Å². The Kier molecular flexibility index (Phi) is 5.10. The molecule has 5 nitrogen and oxygen atoms in total. The van der Waals surface area contributed by atoms with Gasteiger partial charge in [0.2, 0.25) is 5.91 Å². The van der Waals surface area contributed by atoms with Gasteiger partial charge in [0.05, 0.1) is 17.4 Å². The number of hydrogen-bond acceptors (Lipinski definition) is 6. The summed E-state index contributed by atoms with van der Waals surface area (Å²) in [7, 11) is 0. The molecule has 0 saturated heterocycles. The number of carbonyl (C=O) groups is 1. The molecule has 0 radical (unpaired) electrons. The first-order valence-electron chi connectivity index (χ1n) is 8.82. The van der Waals surface area contributed by atoms with Crippen LogP contribution in [0.3, 0.4) is 0 Å². The highest BCUT2D eigenvalue weighted by atomic mass is 32.2. The van der Waals surface area contributed by atoms with E-state index in [0.717, 1.165) is 28.1 Å². The molecule has 4 rings (SSSR count). The molecular formula is C20H18N4OS2. The molecule has 2 heterocycles. The summed E-state index contributed by atoms with van der Waals surface area (Å²) in [6.07, 6.45) is 4.94. The maximum atomic E-state index is 12.3. The maximum Gasteiger partial charge on any atom is 0.234 e. The number of rotatable bonds is 4. The summed E-state index contributed by atoms with van der Waals surface area (Å²) in [6, 6.07) is 8.99. The van der Waals surface area contributed by atoms with Gasteiger partial charge in [-0.3, -0.25) is 4.79 Å². The van der Waals surface area contributed by atoms with Crippen molar-refractivity contribution in [3.8, 4) is 6.07 Å². The fourth-order valence-corrected chi connectivity index (χ4v) is 5.59. The number of thioether (sulfide) groups is 1. The van der Waals surface area contributed by atoms with Crippen molar-refractivity contribution in [3.05, 3.63) is 46.6 Å². The van der Waals surface area contributed by atoms with Gasteiger partial charge in [-0.15, -0.1) is 11.3 Å². The summed E-state index contributed by atoms with van der Waals surface area (Å²) in [4.78, 5) is 23.7. The van der Waals surface area contributed by atoms with E-state index in [2.05, 4.69) is 28.3 Å². The molecule has 7 heteroatoms. The lowest BCUT2D eigenvalue weighted by Gasteiger charge is -2.18. The zero-order valence-corrected chi connectivity index (χ0v) is 16.5. The Morgan fingerprint density at radius 2 is 2.33 bits per heavy atom. The van der Waals surface area contributed by atoms with Gasteiger partial charge < -0.3 is 5.32 Å². The first-order valence-corrected chi connectivity index (χ1v) is 10.6. The molecule has 0 fully saturated rings. The SMILES string of the molecule is C[C@H]1CCc2c(sc3ncnc(SCC(=O)Nc4cccc(C#N)c4)c23)C1. The average Bonchev–Trinajstić information content (AvgIpc) is 3.04. The predicted octanol–water partition coefficient (Wildman–Crippen LogP) is 4.42. The van der Waals surface area contributed by atoms with Gasteiger partial charge in [-0.05, 0) is 48.9 Å². The second-order valence-electron chi connectivity index (χ2n) is 6.74. The Bertz CT molecular complexity index is 1050. The molecule has 2 aromatic heterocycles. The van der Waals surface area contributed by atoms with Crippen LogP contribution in [0.25, 0.3) is 10.2 Å². The third-order valence-electron chi connectivity index (χ3n) is 4.67. The normalized spacial score (nSPS) is 15.9.